The first kappa shape index (κ1) is 14.5. The number of nitrogens with zero attached hydrogens (tertiary/aromatic N) is 2. The zero-order chi connectivity index (χ0) is 14.2. The van der Waals surface area contributed by atoms with Crippen molar-refractivity contribution >= 4 is 34.8 Å². The summed E-state index contributed by atoms with van der Waals surface area (Å²) < 4.78 is 13.3. The maximum atomic E-state index is 13.3. The van der Waals surface area contributed by atoms with E-state index in [2.05, 4.69) is 9.97 Å². The monoisotopic (exact) mass is 318 g/mol. The molecule has 0 bridgehead atoms. The minimum Gasteiger partial charge on any atom is -0.216 e. The third-order valence-electron chi connectivity index (χ3n) is 2.55. The first-order valence-electron chi connectivity index (χ1n) is 5.58. The summed E-state index contributed by atoms with van der Waals surface area (Å²) in [5.74, 6) is -0.114. The summed E-state index contributed by atoms with van der Waals surface area (Å²) in [5.41, 5.74) is 1.11. The molecule has 2 aromatic rings. The van der Waals surface area contributed by atoms with Gasteiger partial charge >= 0.3 is 0 Å². The maximum absolute atomic E-state index is 13.3. The number of aromatic nitrogens is 2. The van der Waals surface area contributed by atoms with Crippen LogP contribution in [0.25, 0.3) is 11.4 Å². The predicted molar refractivity (Wildman–Crippen MR) is 76.5 cm³/mol. The standard InChI is InChI=1S/C13H10Cl3FN2/c1-6(2)10-11(15)18-13(19-12(10)16)7-3-8(14)5-9(17)4-7/h3-6H,1-2H3. The van der Waals surface area contributed by atoms with Gasteiger partial charge in [-0.2, -0.15) is 0 Å². The molecule has 1 heterocycles. The third kappa shape index (κ3) is 3.16. The second-order valence-electron chi connectivity index (χ2n) is 4.36. The molecule has 0 aliphatic rings. The van der Waals surface area contributed by atoms with Crippen LogP contribution in [0.5, 0.6) is 0 Å². The van der Waals surface area contributed by atoms with Crippen LogP contribution >= 0.6 is 34.8 Å². The highest BCUT2D eigenvalue weighted by molar-refractivity contribution is 6.34. The Morgan fingerprint density at radius 1 is 1.00 bits per heavy atom. The van der Waals surface area contributed by atoms with Gasteiger partial charge in [0, 0.05) is 16.1 Å². The normalized spacial score (nSPS) is 11.1. The van der Waals surface area contributed by atoms with E-state index in [-0.39, 0.29) is 27.1 Å². The predicted octanol–water partition coefficient (Wildman–Crippen LogP) is 5.37. The quantitative estimate of drug-likeness (QED) is 0.696. The lowest BCUT2D eigenvalue weighted by Crippen LogP contribution is -1.99. The van der Waals surface area contributed by atoms with Crippen molar-refractivity contribution in [3.05, 3.63) is 44.9 Å². The summed E-state index contributed by atoms with van der Waals surface area (Å²) in [4.78, 5) is 8.30. The van der Waals surface area contributed by atoms with Gasteiger partial charge in [0.1, 0.15) is 16.1 Å². The fraction of sp³-hybridized carbons (Fsp3) is 0.231. The van der Waals surface area contributed by atoms with E-state index < -0.39 is 5.82 Å². The van der Waals surface area contributed by atoms with Crippen LogP contribution in [0.4, 0.5) is 4.39 Å². The molecule has 6 heteroatoms. The Balaban J connectivity index is 2.58. The summed E-state index contributed by atoms with van der Waals surface area (Å²) >= 11 is 18.0. The van der Waals surface area contributed by atoms with Gasteiger partial charge in [-0.05, 0) is 24.1 Å². The lowest BCUT2D eigenvalue weighted by atomic mass is 10.1. The van der Waals surface area contributed by atoms with Gasteiger partial charge < -0.3 is 0 Å². The Morgan fingerprint density at radius 2 is 1.58 bits per heavy atom. The van der Waals surface area contributed by atoms with Gasteiger partial charge in [-0.25, -0.2) is 14.4 Å². The van der Waals surface area contributed by atoms with Crippen LogP contribution in [0.15, 0.2) is 18.2 Å². The van der Waals surface area contributed by atoms with Crippen LogP contribution in [0.3, 0.4) is 0 Å². The molecule has 0 saturated carbocycles. The summed E-state index contributed by atoms with van der Waals surface area (Å²) in [6.07, 6.45) is 0. The molecule has 0 fully saturated rings. The number of hydrogen-bond acceptors (Lipinski definition) is 2. The number of halogens is 4. The lowest BCUT2D eigenvalue weighted by molar-refractivity contribution is 0.628. The highest BCUT2D eigenvalue weighted by atomic mass is 35.5. The first-order chi connectivity index (χ1) is 8.88. The molecular formula is C13H10Cl3FN2. The number of benzene rings is 1. The molecular weight excluding hydrogens is 310 g/mol. The van der Waals surface area contributed by atoms with Crippen molar-refractivity contribution in [2.45, 2.75) is 19.8 Å². The van der Waals surface area contributed by atoms with Crippen LogP contribution < -0.4 is 0 Å². The van der Waals surface area contributed by atoms with Gasteiger partial charge in [-0.15, -0.1) is 0 Å². The summed E-state index contributed by atoms with van der Waals surface area (Å²) in [7, 11) is 0. The van der Waals surface area contributed by atoms with Crippen LogP contribution in [-0.2, 0) is 0 Å². The van der Waals surface area contributed by atoms with E-state index >= 15 is 0 Å². The molecule has 1 aromatic carbocycles. The maximum Gasteiger partial charge on any atom is 0.162 e. The molecule has 0 saturated heterocycles. The fourth-order valence-electron chi connectivity index (χ4n) is 1.70. The average Bonchev–Trinajstić information content (AvgIpc) is 2.25. The Labute approximate surface area is 125 Å². The highest BCUT2D eigenvalue weighted by Gasteiger charge is 2.16. The second kappa shape index (κ2) is 5.61. The van der Waals surface area contributed by atoms with Crippen LogP contribution in [0, 0.1) is 5.82 Å². The molecule has 0 unspecified atom stereocenters. The van der Waals surface area contributed by atoms with Crippen molar-refractivity contribution in [2.24, 2.45) is 0 Å². The second-order valence-corrected chi connectivity index (χ2v) is 5.51. The topological polar surface area (TPSA) is 25.8 Å². The van der Waals surface area contributed by atoms with Gasteiger partial charge in [0.05, 0.1) is 0 Å². The molecule has 0 radical (unpaired) electrons. The van der Waals surface area contributed by atoms with Gasteiger partial charge in [-0.3, -0.25) is 0 Å². The van der Waals surface area contributed by atoms with E-state index in [1.165, 1.54) is 12.1 Å². The average molecular weight is 320 g/mol. The molecule has 1 aromatic heterocycles. The smallest absolute Gasteiger partial charge is 0.162 e. The molecule has 2 rings (SSSR count). The fourth-order valence-corrected chi connectivity index (χ4v) is 2.75. The Morgan fingerprint density at radius 3 is 2.05 bits per heavy atom. The van der Waals surface area contributed by atoms with Crippen molar-refractivity contribution < 1.29 is 4.39 Å². The van der Waals surface area contributed by atoms with Crippen molar-refractivity contribution in [3.8, 4) is 11.4 Å². The lowest BCUT2D eigenvalue weighted by Gasteiger charge is -2.11. The van der Waals surface area contributed by atoms with Crippen molar-refractivity contribution in [3.63, 3.8) is 0 Å². The molecule has 0 atom stereocenters. The van der Waals surface area contributed by atoms with Gasteiger partial charge in [0.2, 0.25) is 0 Å². The Bertz CT molecular complexity index is 586. The molecule has 100 valence electrons. The van der Waals surface area contributed by atoms with Crippen molar-refractivity contribution in [1.29, 1.82) is 0 Å². The van der Waals surface area contributed by atoms with Crippen LogP contribution in [0.2, 0.25) is 15.3 Å². The third-order valence-corrected chi connectivity index (χ3v) is 3.35. The SMILES string of the molecule is CC(C)c1c(Cl)nc(-c2cc(F)cc(Cl)c2)nc1Cl. The molecule has 2 nitrogen and oxygen atoms in total. The van der Waals surface area contributed by atoms with Gasteiger partial charge in [0.25, 0.3) is 0 Å². The number of rotatable bonds is 2. The molecule has 0 spiro atoms. The summed E-state index contributed by atoms with van der Waals surface area (Å²) in [6.45, 7) is 3.88. The zero-order valence-electron chi connectivity index (χ0n) is 10.2. The van der Waals surface area contributed by atoms with E-state index in [0.717, 1.165) is 0 Å². The molecule has 0 amide bonds. The van der Waals surface area contributed by atoms with Gasteiger partial charge in [-0.1, -0.05) is 48.7 Å². The number of hydrogen-bond donors (Lipinski definition) is 0. The van der Waals surface area contributed by atoms with E-state index in [9.17, 15) is 4.39 Å². The highest BCUT2D eigenvalue weighted by Crippen LogP contribution is 2.31. The van der Waals surface area contributed by atoms with Gasteiger partial charge in [0.15, 0.2) is 5.82 Å². The van der Waals surface area contributed by atoms with Crippen LogP contribution in [0.1, 0.15) is 25.3 Å². The largest absolute Gasteiger partial charge is 0.216 e. The Kier molecular flexibility index (Phi) is 4.29. The van der Waals surface area contributed by atoms with Crippen molar-refractivity contribution in [1.82, 2.24) is 9.97 Å². The zero-order valence-corrected chi connectivity index (χ0v) is 12.5. The first-order valence-corrected chi connectivity index (χ1v) is 6.71. The minimum atomic E-state index is -0.466. The van der Waals surface area contributed by atoms with Crippen molar-refractivity contribution in [2.75, 3.05) is 0 Å². The minimum absolute atomic E-state index is 0.102. The summed E-state index contributed by atoms with van der Waals surface area (Å²) in [5, 5.41) is 0.801. The molecule has 0 aliphatic carbocycles. The van der Waals surface area contributed by atoms with Crippen LogP contribution in [-0.4, -0.2) is 9.97 Å². The molecule has 19 heavy (non-hydrogen) atoms. The van der Waals surface area contributed by atoms with E-state index in [0.29, 0.717) is 11.1 Å². The molecule has 0 aliphatic heterocycles. The van der Waals surface area contributed by atoms with E-state index in [1.54, 1.807) is 6.07 Å². The molecule has 0 N–H and O–H groups in total. The van der Waals surface area contributed by atoms with E-state index in [1.807, 2.05) is 13.8 Å². The summed E-state index contributed by atoms with van der Waals surface area (Å²) in [6, 6.07) is 4.04. The van der Waals surface area contributed by atoms with E-state index in [4.69, 9.17) is 34.8 Å². The Hall–Kier alpha value is -0.900.